The van der Waals surface area contributed by atoms with Crippen LogP contribution in [0, 0.1) is 5.92 Å². The normalized spacial score (nSPS) is 13.5. The molecule has 0 radical (unpaired) electrons. The highest BCUT2D eigenvalue weighted by Crippen LogP contribution is 2.29. The fraction of sp³-hybridized carbons (Fsp3) is 0.588. The van der Waals surface area contributed by atoms with Gasteiger partial charge >= 0.3 is 5.97 Å². The molecule has 0 aliphatic carbocycles. The maximum absolute atomic E-state index is 11.2. The van der Waals surface area contributed by atoms with Crippen molar-refractivity contribution in [3.8, 4) is 11.5 Å². The van der Waals surface area contributed by atoms with Crippen molar-refractivity contribution < 1.29 is 24.1 Å². The molecule has 6 nitrogen and oxygen atoms in total. The Labute approximate surface area is 137 Å². The number of ether oxygens (including phenoxy) is 3. The lowest BCUT2D eigenvalue weighted by atomic mass is 10.0. The average molecular weight is 325 g/mol. The highest BCUT2D eigenvalue weighted by atomic mass is 16.5. The molecule has 2 unspecified atom stereocenters. The molecule has 0 fully saturated rings. The predicted octanol–water partition coefficient (Wildman–Crippen LogP) is 1.52. The Bertz CT molecular complexity index is 504. The average Bonchev–Trinajstić information content (AvgIpc) is 2.56. The highest BCUT2D eigenvalue weighted by molar-refractivity contribution is 5.69. The van der Waals surface area contributed by atoms with Gasteiger partial charge in [-0.25, -0.2) is 0 Å². The van der Waals surface area contributed by atoms with Gasteiger partial charge in [-0.15, -0.1) is 0 Å². The second-order valence-corrected chi connectivity index (χ2v) is 5.76. The second kappa shape index (κ2) is 9.37. The summed E-state index contributed by atoms with van der Waals surface area (Å²) in [5, 5.41) is 10.00. The van der Waals surface area contributed by atoms with E-state index in [1.165, 1.54) is 7.11 Å². The Hall–Kier alpha value is -1.79. The van der Waals surface area contributed by atoms with E-state index in [9.17, 15) is 9.90 Å². The minimum Gasteiger partial charge on any atom is -0.493 e. The van der Waals surface area contributed by atoms with Crippen LogP contribution in [-0.2, 0) is 16.0 Å². The second-order valence-electron chi connectivity index (χ2n) is 5.76. The minimum absolute atomic E-state index is 0.0945. The van der Waals surface area contributed by atoms with Gasteiger partial charge in [0.25, 0.3) is 0 Å². The summed E-state index contributed by atoms with van der Waals surface area (Å²) in [6, 6.07) is 5.09. The fourth-order valence-corrected chi connectivity index (χ4v) is 2.07. The summed E-state index contributed by atoms with van der Waals surface area (Å²) in [4.78, 5) is 11.2. The first-order valence-electron chi connectivity index (χ1n) is 7.69. The van der Waals surface area contributed by atoms with Crippen LogP contribution in [0.25, 0.3) is 0 Å². The molecular formula is C17H27NO5. The SMILES string of the molecule is COC(=O)CCc1ccc(OCC(O)C(N)C(C)C)c(OC)c1. The van der Waals surface area contributed by atoms with Crippen LogP contribution < -0.4 is 15.2 Å². The molecular weight excluding hydrogens is 298 g/mol. The largest absolute Gasteiger partial charge is 0.493 e. The van der Waals surface area contributed by atoms with E-state index in [0.29, 0.717) is 24.3 Å². The first kappa shape index (κ1) is 19.3. The lowest BCUT2D eigenvalue weighted by molar-refractivity contribution is -0.140. The monoisotopic (exact) mass is 325 g/mol. The zero-order valence-corrected chi connectivity index (χ0v) is 14.2. The first-order valence-corrected chi connectivity index (χ1v) is 7.69. The molecule has 0 aromatic heterocycles. The Kier molecular flexibility index (Phi) is 7.85. The van der Waals surface area contributed by atoms with Crippen LogP contribution in [-0.4, -0.2) is 44.0 Å². The van der Waals surface area contributed by atoms with Crippen LogP contribution in [0.1, 0.15) is 25.8 Å². The third-order valence-electron chi connectivity index (χ3n) is 3.70. The van der Waals surface area contributed by atoms with E-state index in [4.69, 9.17) is 15.2 Å². The number of carbonyl (C=O) groups excluding carboxylic acids is 1. The number of aliphatic hydroxyl groups is 1. The van der Waals surface area contributed by atoms with Gasteiger partial charge in [-0.05, 0) is 30.0 Å². The molecule has 6 heteroatoms. The quantitative estimate of drug-likeness (QED) is 0.669. The molecule has 0 saturated heterocycles. The minimum atomic E-state index is -0.751. The molecule has 0 heterocycles. The van der Waals surface area contributed by atoms with Gasteiger partial charge in [0.2, 0.25) is 0 Å². The van der Waals surface area contributed by atoms with Crippen LogP contribution in [0.15, 0.2) is 18.2 Å². The van der Waals surface area contributed by atoms with Crippen molar-refractivity contribution in [2.45, 2.75) is 38.8 Å². The highest BCUT2D eigenvalue weighted by Gasteiger charge is 2.19. The van der Waals surface area contributed by atoms with Crippen LogP contribution >= 0.6 is 0 Å². The molecule has 1 aromatic carbocycles. The van der Waals surface area contributed by atoms with Gasteiger partial charge in [0.05, 0.1) is 14.2 Å². The molecule has 1 rings (SSSR count). The number of methoxy groups -OCH3 is 2. The number of esters is 1. The predicted molar refractivity (Wildman–Crippen MR) is 87.6 cm³/mol. The van der Waals surface area contributed by atoms with Gasteiger partial charge in [0, 0.05) is 12.5 Å². The molecule has 0 spiro atoms. The first-order chi connectivity index (χ1) is 10.9. The maximum Gasteiger partial charge on any atom is 0.305 e. The number of hydrogen-bond donors (Lipinski definition) is 2. The molecule has 130 valence electrons. The Morgan fingerprint density at radius 3 is 2.52 bits per heavy atom. The number of carbonyl (C=O) groups is 1. The van der Waals surface area contributed by atoms with Crippen molar-refractivity contribution in [2.75, 3.05) is 20.8 Å². The third kappa shape index (κ3) is 6.08. The van der Waals surface area contributed by atoms with E-state index >= 15 is 0 Å². The molecule has 0 bridgehead atoms. The van der Waals surface area contributed by atoms with E-state index in [-0.39, 0.29) is 24.5 Å². The number of aryl methyl sites for hydroxylation is 1. The van der Waals surface area contributed by atoms with Crippen molar-refractivity contribution >= 4 is 5.97 Å². The van der Waals surface area contributed by atoms with Gasteiger partial charge in [-0.3, -0.25) is 4.79 Å². The van der Waals surface area contributed by atoms with Crippen molar-refractivity contribution in [3.05, 3.63) is 23.8 Å². The van der Waals surface area contributed by atoms with Crippen LogP contribution in [0.3, 0.4) is 0 Å². The zero-order valence-electron chi connectivity index (χ0n) is 14.2. The number of hydrogen-bond acceptors (Lipinski definition) is 6. The molecule has 3 N–H and O–H groups in total. The van der Waals surface area contributed by atoms with Gasteiger partial charge in [-0.1, -0.05) is 19.9 Å². The summed E-state index contributed by atoms with van der Waals surface area (Å²) < 4.78 is 15.5. The lowest BCUT2D eigenvalue weighted by Crippen LogP contribution is -2.42. The molecule has 0 aliphatic rings. The molecule has 23 heavy (non-hydrogen) atoms. The smallest absolute Gasteiger partial charge is 0.305 e. The third-order valence-corrected chi connectivity index (χ3v) is 3.70. The summed E-state index contributed by atoms with van der Waals surface area (Å²) in [5.41, 5.74) is 6.84. The number of benzene rings is 1. The van der Waals surface area contributed by atoms with Gasteiger partial charge in [-0.2, -0.15) is 0 Å². The van der Waals surface area contributed by atoms with E-state index < -0.39 is 6.10 Å². The van der Waals surface area contributed by atoms with Gasteiger partial charge in [0.15, 0.2) is 11.5 Å². The van der Waals surface area contributed by atoms with E-state index in [1.54, 1.807) is 13.2 Å². The summed E-state index contributed by atoms with van der Waals surface area (Å²) in [5.74, 6) is 0.994. The summed E-state index contributed by atoms with van der Waals surface area (Å²) >= 11 is 0. The van der Waals surface area contributed by atoms with E-state index in [0.717, 1.165) is 5.56 Å². The maximum atomic E-state index is 11.2. The Balaban J connectivity index is 2.67. The van der Waals surface area contributed by atoms with Crippen molar-refractivity contribution in [1.29, 1.82) is 0 Å². The summed E-state index contributed by atoms with van der Waals surface area (Å²) in [7, 11) is 2.91. The number of aliphatic hydroxyl groups excluding tert-OH is 1. The fourth-order valence-electron chi connectivity index (χ4n) is 2.07. The molecule has 0 saturated carbocycles. The number of rotatable bonds is 9. The standard InChI is InChI=1S/C17H27NO5/c1-11(2)17(18)13(19)10-23-14-7-5-12(9-15(14)21-3)6-8-16(20)22-4/h5,7,9,11,13,17,19H,6,8,10,18H2,1-4H3. The van der Waals surface area contributed by atoms with Crippen molar-refractivity contribution in [3.63, 3.8) is 0 Å². The topological polar surface area (TPSA) is 91.0 Å². The molecule has 0 aliphatic heterocycles. The molecule has 2 atom stereocenters. The Morgan fingerprint density at radius 2 is 1.96 bits per heavy atom. The van der Waals surface area contributed by atoms with Crippen LogP contribution in [0.5, 0.6) is 11.5 Å². The van der Waals surface area contributed by atoms with Crippen molar-refractivity contribution in [1.82, 2.24) is 0 Å². The van der Waals surface area contributed by atoms with Crippen molar-refractivity contribution in [2.24, 2.45) is 11.7 Å². The molecule has 1 aromatic rings. The number of nitrogens with two attached hydrogens (primary N) is 1. The van der Waals surface area contributed by atoms with E-state index in [2.05, 4.69) is 4.74 Å². The summed E-state index contributed by atoms with van der Waals surface area (Å²) in [6.07, 6.45) is 0.116. The summed E-state index contributed by atoms with van der Waals surface area (Å²) in [6.45, 7) is 3.99. The van der Waals surface area contributed by atoms with E-state index in [1.807, 2.05) is 26.0 Å². The Morgan fingerprint density at radius 1 is 1.26 bits per heavy atom. The van der Waals surface area contributed by atoms with Gasteiger partial charge < -0.3 is 25.1 Å². The molecule has 0 amide bonds. The lowest BCUT2D eigenvalue weighted by Gasteiger charge is -2.22. The van der Waals surface area contributed by atoms with Crippen LogP contribution in [0.2, 0.25) is 0 Å². The van der Waals surface area contributed by atoms with Gasteiger partial charge in [0.1, 0.15) is 12.7 Å². The zero-order chi connectivity index (χ0) is 17.4. The van der Waals surface area contributed by atoms with Crippen LogP contribution in [0.4, 0.5) is 0 Å².